The SMILES string of the molecule is OC(COc1ccc(-c2ccccc2)cc1)CN1CCN(C(O)COc2ccc(-c3ccccc3)cc2)CC1. The molecule has 0 bridgehead atoms. The van der Waals surface area contributed by atoms with Crippen LogP contribution in [0.2, 0.25) is 0 Å². The van der Waals surface area contributed by atoms with E-state index in [9.17, 15) is 10.2 Å². The molecule has 0 aromatic heterocycles. The molecule has 4 aromatic rings. The molecule has 1 aliphatic rings. The second kappa shape index (κ2) is 13.4. The number of hydrogen-bond acceptors (Lipinski definition) is 6. The van der Waals surface area contributed by atoms with Crippen molar-refractivity contribution in [3.05, 3.63) is 109 Å². The smallest absolute Gasteiger partial charge is 0.141 e. The van der Waals surface area contributed by atoms with E-state index in [-0.39, 0.29) is 13.2 Å². The van der Waals surface area contributed by atoms with Crippen LogP contribution in [-0.4, -0.2) is 78.3 Å². The number of aliphatic hydroxyl groups is 2. The lowest BCUT2D eigenvalue weighted by Gasteiger charge is -2.37. The van der Waals surface area contributed by atoms with Gasteiger partial charge in [-0.15, -0.1) is 0 Å². The van der Waals surface area contributed by atoms with Crippen molar-refractivity contribution in [3.63, 3.8) is 0 Å². The fraction of sp³-hybridized carbons (Fsp3) is 0.273. The van der Waals surface area contributed by atoms with E-state index in [1.807, 2.05) is 89.8 Å². The summed E-state index contributed by atoms with van der Waals surface area (Å²) < 4.78 is 11.7. The molecular formula is C33H36N2O4. The molecule has 0 spiro atoms. The summed E-state index contributed by atoms with van der Waals surface area (Å²) in [5.74, 6) is 1.49. The summed E-state index contributed by atoms with van der Waals surface area (Å²) in [7, 11) is 0. The first-order valence-electron chi connectivity index (χ1n) is 13.5. The summed E-state index contributed by atoms with van der Waals surface area (Å²) in [5, 5.41) is 21.2. The van der Waals surface area contributed by atoms with Gasteiger partial charge in [0.05, 0.1) is 0 Å². The largest absolute Gasteiger partial charge is 0.491 e. The highest BCUT2D eigenvalue weighted by Crippen LogP contribution is 2.23. The van der Waals surface area contributed by atoms with Gasteiger partial charge in [-0.3, -0.25) is 9.80 Å². The monoisotopic (exact) mass is 524 g/mol. The van der Waals surface area contributed by atoms with Gasteiger partial charge in [-0.2, -0.15) is 0 Å². The van der Waals surface area contributed by atoms with Crippen LogP contribution in [0.3, 0.4) is 0 Å². The molecule has 6 heteroatoms. The molecule has 2 unspecified atom stereocenters. The first-order valence-corrected chi connectivity index (χ1v) is 13.5. The van der Waals surface area contributed by atoms with E-state index in [2.05, 4.69) is 29.2 Å². The zero-order chi connectivity index (χ0) is 26.9. The van der Waals surface area contributed by atoms with Gasteiger partial charge >= 0.3 is 0 Å². The lowest BCUT2D eigenvalue weighted by molar-refractivity contribution is -0.0546. The lowest BCUT2D eigenvalue weighted by atomic mass is 10.1. The van der Waals surface area contributed by atoms with E-state index in [1.54, 1.807) is 0 Å². The third-order valence-electron chi connectivity index (χ3n) is 7.06. The van der Waals surface area contributed by atoms with Crippen molar-refractivity contribution >= 4 is 0 Å². The maximum Gasteiger partial charge on any atom is 0.141 e. The number of nitrogens with zero attached hydrogens (tertiary/aromatic N) is 2. The van der Waals surface area contributed by atoms with Crippen LogP contribution in [0, 0.1) is 0 Å². The molecular weight excluding hydrogens is 488 g/mol. The Hall–Kier alpha value is -3.68. The molecule has 0 amide bonds. The number of hydrogen-bond donors (Lipinski definition) is 2. The summed E-state index contributed by atoms with van der Waals surface area (Å²) in [6.45, 7) is 3.96. The van der Waals surface area contributed by atoms with Crippen molar-refractivity contribution in [2.24, 2.45) is 0 Å². The van der Waals surface area contributed by atoms with E-state index in [0.29, 0.717) is 19.6 Å². The number of piperazine rings is 1. The van der Waals surface area contributed by atoms with Crippen LogP contribution < -0.4 is 9.47 Å². The third-order valence-corrected chi connectivity index (χ3v) is 7.06. The quantitative estimate of drug-likeness (QED) is 0.295. The molecule has 1 fully saturated rings. The maximum absolute atomic E-state index is 10.7. The van der Waals surface area contributed by atoms with Crippen molar-refractivity contribution < 1.29 is 19.7 Å². The van der Waals surface area contributed by atoms with Crippen LogP contribution in [0.15, 0.2) is 109 Å². The maximum atomic E-state index is 10.7. The standard InChI is InChI=1S/C33H36N2O4/c36-30(24-38-31-15-11-28(12-16-31)26-7-3-1-4-8-26)23-34-19-21-35(22-20-34)33(37)25-39-32-17-13-29(14-18-32)27-9-5-2-6-10-27/h1-18,30,33,36-37H,19-25H2. The van der Waals surface area contributed by atoms with Crippen molar-refractivity contribution in [3.8, 4) is 33.8 Å². The number of aliphatic hydroxyl groups excluding tert-OH is 2. The summed E-state index contributed by atoms with van der Waals surface area (Å²) in [4.78, 5) is 4.23. The molecule has 2 N–H and O–H groups in total. The van der Waals surface area contributed by atoms with Crippen LogP contribution in [0.5, 0.6) is 11.5 Å². The van der Waals surface area contributed by atoms with E-state index >= 15 is 0 Å². The molecule has 4 aromatic carbocycles. The highest BCUT2D eigenvalue weighted by molar-refractivity contribution is 5.64. The van der Waals surface area contributed by atoms with Gasteiger partial charge in [0.25, 0.3) is 0 Å². The number of rotatable bonds is 11. The van der Waals surface area contributed by atoms with Gasteiger partial charge in [0.2, 0.25) is 0 Å². The van der Waals surface area contributed by atoms with Gasteiger partial charge in [0.1, 0.15) is 37.0 Å². The Morgan fingerprint density at radius 3 is 1.46 bits per heavy atom. The van der Waals surface area contributed by atoms with Gasteiger partial charge in [0, 0.05) is 32.7 Å². The van der Waals surface area contributed by atoms with Gasteiger partial charge in [-0.25, -0.2) is 0 Å². The molecule has 1 aliphatic heterocycles. The summed E-state index contributed by atoms with van der Waals surface area (Å²) in [5.41, 5.74) is 4.59. The third kappa shape index (κ3) is 7.68. The molecule has 2 atom stereocenters. The Bertz CT molecular complexity index is 1260. The predicted molar refractivity (Wildman–Crippen MR) is 155 cm³/mol. The lowest BCUT2D eigenvalue weighted by Crippen LogP contribution is -2.53. The van der Waals surface area contributed by atoms with Crippen molar-refractivity contribution in [1.82, 2.24) is 9.80 Å². The average molecular weight is 525 g/mol. The Balaban J connectivity index is 0.997. The number of benzene rings is 4. The molecule has 39 heavy (non-hydrogen) atoms. The van der Waals surface area contributed by atoms with Crippen molar-refractivity contribution in [2.75, 3.05) is 45.9 Å². The second-order valence-corrected chi connectivity index (χ2v) is 9.87. The molecule has 1 saturated heterocycles. The Morgan fingerprint density at radius 1 is 0.538 bits per heavy atom. The van der Waals surface area contributed by atoms with E-state index in [0.717, 1.165) is 46.8 Å². The van der Waals surface area contributed by atoms with E-state index < -0.39 is 12.3 Å². The Morgan fingerprint density at radius 2 is 0.974 bits per heavy atom. The first kappa shape index (κ1) is 26.9. The number of β-amino-alcohol motifs (C(OH)–C–C–N with tert-alkyl or cyclic N) is 1. The Labute approximate surface area is 230 Å². The van der Waals surface area contributed by atoms with Crippen LogP contribution in [0.4, 0.5) is 0 Å². The van der Waals surface area contributed by atoms with Crippen LogP contribution in [-0.2, 0) is 0 Å². The average Bonchev–Trinajstić information content (AvgIpc) is 3.00. The highest BCUT2D eigenvalue weighted by Gasteiger charge is 2.24. The summed E-state index contributed by atoms with van der Waals surface area (Å²) in [6.07, 6.45) is -1.26. The molecule has 202 valence electrons. The van der Waals surface area contributed by atoms with E-state index in [1.165, 1.54) is 0 Å². The van der Waals surface area contributed by atoms with Crippen molar-refractivity contribution in [1.29, 1.82) is 0 Å². The first-order chi connectivity index (χ1) is 19.1. The van der Waals surface area contributed by atoms with Gasteiger partial charge in [-0.1, -0.05) is 84.9 Å². The molecule has 6 nitrogen and oxygen atoms in total. The predicted octanol–water partition coefficient (Wildman–Crippen LogP) is 4.78. The molecule has 0 aliphatic carbocycles. The fourth-order valence-corrected chi connectivity index (χ4v) is 4.81. The molecule has 5 rings (SSSR count). The minimum absolute atomic E-state index is 0.213. The highest BCUT2D eigenvalue weighted by atomic mass is 16.5. The minimum atomic E-state index is -0.673. The normalized spacial score (nSPS) is 15.9. The fourth-order valence-electron chi connectivity index (χ4n) is 4.81. The van der Waals surface area contributed by atoms with Gasteiger partial charge in [0.15, 0.2) is 0 Å². The van der Waals surface area contributed by atoms with Crippen LogP contribution in [0.25, 0.3) is 22.3 Å². The molecule has 0 saturated carbocycles. The number of ether oxygens (including phenoxy) is 2. The second-order valence-electron chi connectivity index (χ2n) is 9.87. The molecule has 1 heterocycles. The summed E-state index contributed by atoms with van der Waals surface area (Å²) >= 11 is 0. The van der Waals surface area contributed by atoms with Crippen LogP contribution >= 0.6 is 0 Å². The van der Waals surface area contributed by atoms with E-state index in [4.69, 9.17) is 9.47 Å². The van der Waals surface area contributed by atoms with Crippen molar-refractivity contribution in [2.45, 2.75) is 12.3 Å². The Kier molecular flexibility index (Phi) is 9.25. The minimum Gasteiger partial charge on any atom is -0.491 e. The zero-order valence-corrected chi connectivity index (χ0v) is 22.1. The van der Waals surface area contributed by atoms with Gasteiger partial charge < -0.3 is 19.7 Å². The van der Waals surface area contributed by atoms with Gasteiger partial charge in [-0.05, 0) is 46.5 Å². The molecule has 0 radical (unpaired) electrons. The zero-order valence-electron chi connectivity index (χ0n) is 22.1. The summed E-state index contributed by atoms with van der Waals surface area (Å²) in [6, 6.07) is 36.3. The van der Waals surface area contributed by atoms with Crippen LogP contribution in [0.1, 0.15) is 0 Å². The topological polar surface area (TPSA) is 65.4 Å².